The first-order chi connectivity index (χ1) is 9.81. The van der Waals surface area contributed by atoms with Crippen molar-refractivity contribution >= 4 is 0 Å². The Kier molecular flexibility index (Phi) is 5.78. The number of benzene rings is 2. The summed E-state index contributed by atoms with van der Waals surface area (Å²) in [4.78, 5) is 2.39. The van der Waals surface area contributed by atoms with Crippen LogP contribution in [0.5, 0.6) is 0 Å². The summed E-state index contributed by atoms with van der Waals surface area (Å²) >= 11 is 0. The van der Waals surface area contributed by atoms with E-state index in [1.807, 2.05) is 7.05 Å². The zero-order valence-electron chi connectivity index (χ0n) is 12.4. The van der Waals surface area contributed by atoms with E-state index in [9.17, 15) is 0 Å². The zero-order chi connectivity index (χ0) is 14.2. The van der Waals surface area contributed by atoms with Gasteiger partial charge in [-0.15, -0.1) is 0 Å². The Hall–Kier alpha value is -1.64. The Labute approximate surface area is 122 Å². The lowest BCUT2D eigenvalue weighted by molar-refractivity contribution is 0.324. The lowest BCUT2D eigenvalue weighted by Crippen LogP contribution is -2.31. The lowest BCUT2D eigenvalue weighted by Gasteiger charge is -2.25. The van der Waals surface area contributed by atoms with E-state index in [-0.39, 0.29) is 0 Å². The summed E-state index contributed by atoms with van der Waals surface area (Å²) < 4.78 is 0. The molecular formula is C18H24N2. The van der Waals surface area contributed by atoms with E-state index in [0.29, 0.717) is 5.92 Å². The van der Waals surface area contributed by atoms with E-state index < -0.39 is 0 Å². The summed E-state index contributed by atoms with van der Waals surface area (Å²) in [7, 11) is 4.19. The van der Waals surface area contributed by atoms with Gasteiger partial charge in [-0.3, -0.25) is 0 Å². The van der Waals surface area contributed by atoms with Crippen molar-refractivity contribution in [3.63, 3.8) is 0 Å². The molecule has 0 aromatic heterocycles. The van der Waals surface area contributed by atoms with Gasteiger partial charge in [-0.1, -0.05) is 60.7 Å². The topological polar surface area (TPSA) is 15.3 Å². The lowest BCUT2D eigenvalue weighted by atomic mass is 9.91. The van der Waals surface area contributed by atoms with Crippen LogP contribution >= 0.6 is 0 Å². The van der Waals surface area contributed by atoms with E-state index in [0.717, 1.165) is 19.6 Å². The van der Waals surface area contributed by atoms with Crippen molar-refractivity contribution in [2.45, 2.75) is 5.92 Å². The third kappa shape index (κ3) is 4.19. The van der Waals surface area contributed by atoms with Gasteiger partial charge in [0.2, 0.25) is 0 Å². The van der Waals surface area contributed by atoms with E-state index in [4.69, 9.17) is 0 Å². The molecule has 0 aliphatic rings. The van der Waals surface area contributed by atoms with Gasteiger partial charge in [0.05, 0.1) is 0 Å². The molecule has 20 heavy (non-hydrogen) atoms. The molecule has 0 saturated carbocycles. The second-order valence-corrected chi connectivity index (χ2v) is 5.24. The molecule has 0 spiro atoms. The van der Waals surface area contributed by atoms with Crippen LogP contribution in [-0.4, -0.2) is 38.6 Å². The number of rotatable bonds is 7. The SMILES string of the molecule is CNCCN(C)CC(c1ccccc1)c1ccccc1. The first-order valence-corrected chi connectivity index (χ1v) is 7.24. The molecular weight excluding hydrogens is 244 g/mol. The van der Waals surface area contributed by atoms with Crippen LogP contribution in [0.25, 0.3) is 0 Å². The first-order valence-electron chi connectivity index (χ1n) is 7.24. The molecule has 0 unspecified atom stereocenters. The maximum Gasteiger partial charge on any atom is 0.0217 e. The second kappa shape index (κ2) is 7.83. The third-order valence-electron chi connectivity index (χ3n) is 3.64. The van der Waals surface area contributed by atoms with Crippen molar-refractivity contribution in [1.82, 2.24) is 10.2 Å². The van der Waals surface area contributed by atoms with Crippen LogP contribution in [0.15, 0.2) is 60.7 Å². The van der Waals surface area contributed by atoms with Crippen LogP contribution in [0.2, 0.25) is 0 Å². The molecule has 1 N–H and O–H groups in total. The van der Waals surface area contributed by atoms with E-state index >= 15 is 0 Å². The molecule has 0 amide bonds. The molecule has 2 heteroatoms. The van der Waals surface area contributed by atoms with E-state index in [1.54, 1.807) is 0 Å². The molecule has 2 rings (SSSR count). The van der Waals surface area contributed by atoms with Gasteiger partial charge in [-0.05, 0) is 25.2 Å². The molecule has 0 fully saturated rings. The van der Waals surface area contributed by atoms with E-state index in [2.05, 4.69) is 77.9 Å². The van der Waals surface area contributed by atoms with Crippen LogP contribution in [0.4, 0.5) is 0 Å². The summed E-state index contributed by atoms with van der Waals surface area (Å²) in [5, 5.41) is 3.21. The van der Waals surface area contributed by atoms with Crippen LogP contribution in [-0.2, 0) is 0 Å². The monoisotopic (exact) mass is 268 g/mol. The highest BCUT2D eigenvalue weighted by atomic mass is 15.1. The summed E-state index contributed by atoms with van der Waals surface area (Å²) in [6.45, 7) is 3.12. The number of hydrogen-bond acceptors (Lipinski definition) is 2. The molecule has 2 aromatic carbocycles. The van der Waals surface area contributed by atoms with E-state index in [1.165, 1.54) is 11.1 Å². The van der Waals surface area contributed by atoms with Crippen molar-refractivity contribution in [2.24, 2.45) is 0 Å². The van der Waals surface area contributed by atoms with Gasteiger partial charge in [0.1, 0.15) is 0 Å². The minimum atomic E-state index is 0.430. The standard InChI is InChI=1S/C18H24N2/c1-19-13-14-20(2)15-18(16-9-5-3-6-10-16)17-11-7-4-8-12-17/h3-12,18-19H,13-15H2,1-2H3. The molecule has 2 aromatic rings. The normalized spacial score (nSPS) is 11.2. The van der Waals surface area contributed by atoms with Crippen molar-refractivity contribution in [3.8, 4) is 0 Å². The fraction of sp³-hybridized carbons (Fsp3) is 0.333. The van der Waals surface area contributed by atoms with Gasteiger partial charge in [-0.2, -0.15) is 0 Å². The van der Waals surface area contributed by atoms with Crippen molar-refractivity contribution in [3.05, 3.63) is 71.8 Å². The number of nitrogens with zero attached hydrogens (tertiary/aromatic N) is 1. The molecule has 0 bridgehead atoms. The highest BCUT2D eigenvalue weighted by molar-refractivity contribution is 5.32. The minimum Gasteiger partial charge on any atom is -0.318 e. The maximum absolute atomic E-state index is 3.21. The van der Waals surface area contributed by atoms with Gasteiger partial charge >= 0.3 is 0 Å². The Bertz CT molecular complexity index is 442. The van der Waals surface area contributed by atoms with Gasteiger partial charge in [0, 0.05) is 25.6 Å². The highest BCUT2D eigenvalue weighted by Gasteiger charge is 2.15. The third-order valence-corrected chi connectivity index (χ3v) is 3.64. The maximum atomic E-state index is 3.21. The molecule has 0 aliphatic carbocycles. The summed E-state index contributed by atoms with van der Waals surface area (Å²) in [6.07, 6.45) is 0. The molecule has 0 saturated heterocycles. The van der Waals surface area contributed by atoms with Crippen molar-refractivity contribution in [1.29, 1.82) is 0 Å². The fourth-order valence-electron chi connectivity index (χ4n) is 2.48. The van der Waals surface area contributed by atoms with Gasteiger partial charge < -0.3 is 10.2 Å². The summed E-state index contributed by atoms with van der Waals surface area (Å²) in [5.41, 5.74) is 2.77. The predicted molar refractivity (Wildman–Crippen MR) is 86.2 cm³/mol. The largest absolute Gasteiger partial charge is 0.318 e. The molecule has 106 valence electrons. The van der Waals surface area contributed by atoms with Crippen LogP contribution in [0.3, 0.4) is 0 Å². The molecule has 0 aliphatic heterocycles. The number of likely N-dealkylation sites (N-methyl/N-ethyl adjacent to an activating group) is 2. The van der Waals surface area contributed by atoms with Crippen molar-refractivity contribution in [2.75, 3.05) is 33.7 Å². The van der Waals surface area contributed by atoms with Gasteiger partial charge in [0.25, 0.3) is 0 Å². The number of nitrogens with one attached hydrogen (secondary N) is 1. The predicted octanol–water partition coefficient (Wildman–Crippen LogP) is 2.97. The second-order valence-electron chi connectivity index (χ2n) is 5.24. The highest BCUT2D eigenvalue weighted by Crippen LogP contribution is 2.25. The average Bonchev–Trinajstić information content (AvgIpc) is 2.52. The Morgan fingerprint density at radius 3 is 1.85 bits per heavy atom. The Morgan fingerprint density at radius 2 is 1.40 bits per heavy atom. The minimum absolute atomic E-state index is 0.430. The van der Waals surface area contributed by atoms with Crippen LogP contribution in [0, 0.1) is 0 Å². The van der Waals surface area contributed by atoms with Crippen molar-refractivity contribution < 1.29 is 0 Å². The summed E-state index contributed by atoms with van der Waals surface area (Å²) in [6, 6.07) is 21.6. The first kappa shape index (κ1) is 14.8. The quantitative estimate of drug-likeness (QED) is 0.830. The molecule has 0 radical (unpaired) electrons. The molecule has 2 nitrogen and oxygen atoms in total. The average molecular weight is 268 g/mol. The Balaban J connectivity index is 2.17. The molecule has 0 heterocycles. The van der Waals surface area contributed by atoms with Gasteiger partial charge in [-0.25, -0.2) is 0 Å². The summed E-state index contributed by atoms with van der Waals surface area (Å²) in [5.74, 6) is 0.430. The zero-order valence-corrected chi connectivity index (χ0v) is 12.4. The smallest absolute Gasteiger partial charge is 0.0217 e. The molecule has 0 atom stereocenters. The van der Waals surface area contributed by atoms with Crippen LogP contribution in [0.1, 0.15) is 17.0 Å². The van der Waals surface area contributed by atoms with Gasteiger partial charge in [0.15, 0.2) is 0 Å². The fourth-order valence-corrected chi connectivity index (χ4v) is 2.48. The Morgan fingerprint density at radius 1 is 0.900 bits per heavy atom. The number of hydrogen-bond donors (Lipinski definition) is 1. The van der Waals surface area contributed by atoms with Crippen LogP contribution < -0.4 is 5.32 Å².